The molecule has 0 fully saturated rings. The summed E-state index contributed by atoms with van der Waals surface area (Å²) in [7, 11) is 1.50. The van der Waals surface area contributed by atoms with Crippen molar-refractivity contribution >= 4 is 29.1 Å². The Morgan fingerprint density at radius 3 is 2.07 bits per heavy atom. The van der Waals surface area contributed by atoms with Gasteiger partial charge in [0.2, 0.25) is 11.8 Å². The number of ketones is 2. The SMILES string of the molecule is CC(=O)CCNC(=O)CCc1ccc(NC(=O)COCC(C)=O)cc1.CN. The first-order valence-electron chi connectivity index (χ1n) is 8.66. The molecule has 0 aliphatic heterocycles. The Morgan fingerprint density at radius 2 is 1.52 bits per heavy atom. The van der Waals surface area contributed by atoms with E-state index in [0.29, 0.717) is 31.5 Å². The zero-order valence-electron chi connectivity index (χ0n) is 16.2. The topological polar surface area (TPSA) is 128 Å². The van der Waals surface area contributed by atoms with Gasteiger partial charge in [0, 0.05) is 25.1 Å². The molecule has 0 saturated carbocycles. The standard InChI is InChI=1S/C18H24N2O5.CH5N/c1-13(21)9-10-19-17(23)8-5-15-3-6-16(7-4-15)20-18(24)12-25-11-14(2)22;1-2/h3-4,6-7H,5,8-12H2,1-2H3,(H,19,23)(H,20,24);2H2,1H3. The number of amides is 2. The van der Waals surface area contributed by atoms with Crippen molar-refractivity contribution in [2.75, 3.05) is 32.1 Å². The third-order valence-corrected chi connectivity index (χ3v) is 3.22. The van der Waals surface area contributed by atoms with Gasteiger partial charge < -0.3 is 21.1 Å². The molecule has 0 saturated heterocycles. The molecule has 0 radical (unpaired) electrons. The normalized spacial score (nSPS) is 9.63. The van der Waals surface area contributed by atoms with E-state index in [1.165, 1.54) is 20.9 Å². The minimum absolute atomic E-state index is 0.0460. The summed E-state index contributed by atoms with van der Waals surface area (Å²) >= 11 is 0. The van der Waals surface area contributed by atoms with Crippen LogP contribution in [0.1, 0.15) is 32.3 Å². The number of hydrogen-bond acceptors (Lipinski definition) is 6. The molecule has 0 heterocycles. The van der Waals surface area contributed by atoms with Crippen LogP contribution < -0.4 is 16.4 Å². The van der Waals surface area contributed by atoms with Gasteiger partial charge in [-0.15, -0.1) is 0 Å². The van der Waals surface area contributed by atoms with Crippen LogP contribution in [0.15, 0.2) is 24.3 Å². The number of Topliss-reactive ketones (excluding diaryl/α,β-unsaturated/α-hetero) is 2. The Balaban J connectivity index is 0.00000326. The number of aryl methyl sites for hydroxylation is 1. The van der Waals surface area contributed by atoms with E-state index in [1.807, 2.05) is 12.1 Å². The van der Waals surface area contributed by atoms with E-state index in [1.54, 1.807) is 12.1 Å². The second kappa shape index (κ2) is 14.6. The molecule has 8 heteroatoms. The molecule has 0 aliphatic carbocycles. The van der Waals surface area contributed by atoms with Crippen LogP contribution in [-0.4, -0.2) is 50.2 Å². The summed E-state index contributed by atoms with van der Waals surface area (Å²) in [6, 6.07) is 7.14. The summed E-state index contributed by atoms with van der Waals surface area (Å²) in [6.45, 7) is 2.98. The van der Waals surface area contributed by atoms with Gasteiger partial charge in [0.1, 0.15) is 19.0 Å². The summed E-state index contributed by atoms with van der Waals surface area (Å²) in [4.78, 5) is 44.8. The largest absolute Gasteiger partial charge is 0.364 e. The van der Waals surface area contributed by atoms with Crippen molar-refractivity contribution in [2.24, 2.45) is 5.73 Å². The van der Waals surface area contributed by atoms with E-state index < -0.39 is 0 Å². The van der Waals surface area contributed by atoms with E-state index in [-0.39, 0.29) is 36.6 Å². The average Bonchev–Trinajstić information content (AvgIpc) is 2.62. The molecule has 2 amide bonds. The van der Waals surface area contributed by atoms with Crippen LogP contribution in [0.4, 0.5) is 5.69 Å². The van der Waals surface area contributed by atoms with E-state index in [9.17, 15) is 19.2 Å². The molecular weight excluding hydrogens is 350 g/mol. The summed E-state index contributed by atoms with van der Waals surface area (Å²) in [5.74, 6) is -0.521. The van der Waals surface area contributed by atoms with Crippen LogP contribution in [0, 0.1) is 0 Å². The summed E-state index contributed by atoms with van der Waals surface area (Å²) in [6.07, 6.45) is 1.25. The monoisotopic (exact) mass is 379 g/mol. The molecule has 150 valence electrons. The summed E-state index contributed by atoms with van der Waals surface area (Å²) < 4.78 is 4.94. The van der Waals surface area contributed by atoms with Crippen LogP contribution in [-0.2, 0) is 30.3 Å². The van der Waals surface area contributed by atoms with Gasteiger partial charge in [-0.3, -0.25) is 19.2 Å². The molecule has 0 bridgehead atoms. The molecular formula is C19H29N3O5. The smallest absolute Gasteiger partial charge is 0.250 e. The highest BCUT2D eigenvalue weighted by Crippen LogP contribution is 2.11. The fraction of sp³-hybridized carbons (Fsp3) is 0.474. The Morgan fingerprint density at radius 1 is 0.889 bits per heavy atom. The fourth-order valence-electron chi connectivity index (χ4n) is 1.96. The first kappa shape index (κ1) is 24.4. The van der Waals surface area contributed by atoms with Gasteiger partial charge in [0.25, 0.3) is 0 Å². The van der Waals surface area contributed by atoms with Crippen molar-refractivity contribution in [2.45, 2.75) is 33.1 Å². The second-order valence-electron chi connectivity index (χ2n) is 5.74. The highest BCUT2D eigenvalue weighted by Gasteiger charge is 2.05. The molecule has 0 aromatic heterocycles. The van der Waals surface area contributed by atoms with E-state index in [2.05, 4.69) is 16.4 Å². The molecule has 1 aromatic carbocycles. The zero-order valence-corrected chi connectivity index (χ0v) is 16.2. The van der Waals surface area contributed by atoms with Crippen LogP contribution in [0.2, 0.25) is 0 Å². The van der Waals surface area contributed by atoms with E-state index >= 15 is 0 Å². The number of benzene rings is 1. The molecule has 27 heavy (non-hydrogen) atoms. The van der Waals surface area contributed by atoms with Crippen LogP contribution in [0.3, 0.4) is 0 Å². The number of nitrogens with one attached hydrogen (secondary N) is 2. The predicted octanol–water partition coefficient (Wildman–Crippen LogP) is 0.834. The predicted molar refractivity (Wildman–Crippen MR) is 103 cm³/mol. The van der Waals surface area contributed by atoms with Gasteiger partial charge in [-0.05, 0) is 45.0 Å². The molecule has 0 atom stereocenters. The fourth-order valence-corrected chi connectivity index (χ4v) is 1.96. The van der Waals surface area contributed by atoms with Gasteiger partial charge in [-0.1, -0.05) is 12.1 Å². The van der Waals surface area contributed by atoms with Crippen molar-refractivity contribution in [3.05, 3.63) is 29.8 Å². The number of ether oxygens (including phenoxy) is 1. The van der Waals surface area contributed by atoms with Crippen LogP contribution >= 0.6 is 0 Å². The highest BCUT2D eigenvalue weighted by molar-refractivity contribution is 5.91. The third-order valence-electron chi connectivity index (χ3n) is 3.22. The molecule has 1 rings (SSSR count). The summed E-state index contributed by atoms with van der Waals surface area (Å²) in [5, 5.41) is 5.35. The van der Waals surface area contributed by atoms with Crippen molar-refractivity contribution in [1.82, 2.24) is 5.32 Å². The maximum Gasteiger partial charge on any atom is 0.250 e. The van der Waals surface area contributed by atoms with Gasteiger partial charge in [0.15, 0.2) is 5.78 Å². The molecule has 0 aliphatic rings. The minimum Gasteiger partial charge on any atom is -0.364 e. The molecule has 4 N–H and O–H groups in total. The first-order chi connectivity index (χ1) is 12.9. The number of nitrogens with two attached hydrogens (primary N) is 1. The van der Waals surface area contributed by atoms with Gasteiger partial charge in [-0.2, -0.15) is 0 Å². The molecule has 0 unspecified atom stereocenters. The lowest BCUT2D eigenvalue weighted by atomic mass is 10.1. The Labute approximate surface area is 159 Å². The lowest BCUT2D eigenvalue weighted by Crippen LogP contribution is -2.25. The lowest BCUT2D eigenvalue weighted by molar-refractivity contribution is -0.126. The van der Waals surface area contributed by atoms with Gasteiger partial charge in [-0.25, -0.2) is 0 Å². The minimum atomic E-state index is -0.334. The number of rotatable bonds is 11. The quantitative estimate of drug-likeness (QED) is 0.523. The maximum absolute atomic E-state index is 11.6. The Hall–Kier alpha value is -2.58. The summed E-state index contributed by atoms with van der Waals surface area (Å²) in [5.41, 5.74) is 6.08. The maximum atomic E-state index is 11.6. The Kier molecular flexibility index (Phi) is 13.2. The number of carbonyl (C=O) groups is 4. The molecule has 8 nitrogen and oxygen atoms in total. The highest BCUT2D eigenvalue weighted by atomic mass is 16.5. The number of carbonyl (C=O) groups excluding carboxylic acids is 4. The van der Waals surface area contributed by atoms with Crippen LogP contribution in [0.5, 0.6) is 0 Å². The van der Waals surface area contributed by atoms with Crippen molar-refractivity contribution in [1.29, 1.82) is 0 Å². The zero-order chi connectivity index (χ0) is 20.7. The van der Waals surface area contributed by atoms with Gasteiger partial charge >= 0.3 is 0 Å². The van der Waals surface area contributed by atoms with Crippen molar-refractivity contribution in [3.8, 4) is 0 Å². The van der Waals surface area contributed by atoms with Crippen molar-refractivity contribution < 1.29 is 23.9 Å². The van der Waals surface area contributed by atoms with E-state index in [0.717, 1.165) is 5.56 Å². The molecule has 1 aromatic rings. The van der Waals surface area contributed by atoms with Crippen LogP contribution in [0.25, 0.3) is 0 Å². The second-order valence-corrected chi connectivity index (χ2v) is 5.74. The van der Waals surface area contributed by atoms with Gasteiger partial charge in [0.05, 0.1) is 0 Å². The lowest BCUT2D eigenvalue weighted by Gasteiger charge is -2.07. The van der Waals surface area contributed by atoms with Crippen molar-refractivity contribution in [3.63, 3.8) is 0 Å². The number of anilines is 1. The first-order valence-corrected chi connectivity index (χ1v) is 8.66. The average molecular weight is 379 g/mol. The Bertz CT molecular complexity index is 614. The van der Waals surface area contributed by atoms with E-state index in [4.69, 9.17) is 4.74 Å². The number of hydrogen-bond donors (Lipinski definition) is 3. The molecule has 0 spiro atoms. The third kappa shape index (κ3) is 13.3.